The standard InChI is InChI=1S/C29H56N4O2S2/c1-7-30-20-24(34)32(26(30)36)22-28(3,4)18-16-14-12-10-9-11-13-15-17-19-29(5,6)23-33-25(35)21-31(8-2)27(33)37/h26-27,36-37H,7-23H2,1-6H3. The van der Waals surface area contributed by atoms with Gasteiger partial charge in [-0.25, -0.2) is 0 Å². The maximum atomic E-state index is 12.4. The van der Waals surface area contributed by atoms with E-state index in [2.05, 4.69) is 76.6 Å². The summed E-state index contributed by atoms with van der Waals surface area (Å²) >= 11 is 9.35. The molecular weight excluding hydrogens is 500 g/mol. The Morgan fingerprint density at radius 1 is 0.622 bits per heavy atom. The number of hydrogen-bond acceptors (Lipinski definition) is 6. The maximum Gasteiger partial charge on any atom is 0.238 e. The lowest BCUT2D eigenvalue weighted by Gasteiger charge is -2.33. The molecule has 37 heavy (non-hydrogen) atoms. The van der Waals surface area contributed by atoms with Gasteiger partial charge in [-0.15, -0.1) is 25.3 Å². The molecule has 6 nitrogen and oxygen atoms in total. The number of likely N-dealkylation sites (N-methyl/N-ethyl adjacent to an activating group) is 2. The Morgan fingerprint density at radius 2 is 0.919 bits per heavy atom. The van der Waals surface area contributed by atoms with Crippen LogP contribution in [0.4, 0.5) is 0 Å². The Hall–Kier alpha value is -0.440. The lowest BCUT2D eigenvalue weighted by molar-refractivity contribution is -0.129. The summed E-state index contributed by atoms with van der Waals surface area (Å²) in [5.74, 6) is 0.435. The first-order valence-electron chi connectivity index (χ1n) is 14.8. The molecule has 8 heteroatoms. The van der Waals surface area contributed by atoms with Crippen molar-refractivity contribution in [2.75, 3.05) is 39.3 Å². The minimum Gasteiger partial charge on any atom is -0.316 e. The van der Waals surface area contributed by atoms with E-state index in [1.807, 2.05) is 9.80 Å². The van der Waals surface area contributed by atoms with Gasteiger partial charge < -0.3 is 9.80 Å². The molecule has 2 saturated heterocycles. The van der Waals surface area contributed by atoms with E-state index in [9.17, 15) is 9.59 Å². The molecule has 0 saturated carbocycles. The number of thiol groups is 2. The van der Waals surface area contributed by atoms with Crippen LogP contribution in [-0.2, 0) is 9.59 Å². The molecule has 0 bridgehead atoms. The van der Waals surface area contributed by atoms with Gasteiger partial charge in [0.15, 0.2) is 0 Å². The molecule has 2 heterocycles. The normalized spacial score (nSPS) is 22.2. The average molecular weight is 557 g/mol. The summed E-state index contributed by atoms with van der Waals surface area (Å²) in [6.45, 7) is 17.7. The fourth-order valence-electron chi connectivity index (χ4n) is 5.76. The van der Waals surface area contributed by atoms with Crippen LogP contribution in [0, 0.1) is 10.8 Å². The van der Waals surface area contributed by atoms with Crippen molar-refractivity contribution in [3.05, 3.63) is 0 Å². The van der Waals surface area contributed by atoms with Crippen LogP contribution in [0.25, 0.3) is 0 Å². The number of nitrogens with zero attached hydrogens (tertiary/aromatic N) is 4. The van der Waals surface area contributed by atoms with Gasteiger partial charge in [-0.3, -0.25) is 19.4 Å². The van der Waals surface area contributed by atoms with Crippen molar-refractivity contribution in [3.63, 3.8) is 0 Å². The third-order valence-corrected chi connectivity index (χ3v) is 9.46. The van der Waals surface area contributed by atoms with Gasteiger partial charge in [-0.05, 0) is 36.8 Å². The van der Waals surface area contributed by atoms with Gasteiger partial charge in [0, 0.05) is 13.1 Å². The monoisotopic (exact) mass is 556 g/mol. The zero-order chi connectivity index (χ0) is 27.6. The quantitative estimate of drug-likeness (QED) is 0.159. The number of hydrogen-bond donors (Lipinski definition) is 2. The molecule has 2 fully saturated rings. The van der Waals surface area contributed by atoms with Crippen LogP contribution in [0.5, 0.6) is 0 Å². The molecule has 2 aliphatic rings. The van der Waals surface area contributed by atoms with Gasteiger partial charge in [0.2, 0.25) is 11.8 Å². The molecule has 2 unspecified atom stereocenters. The fraction of sp³-hybridized carbons (Fsp3) is 0.931. The third-order valence-electron chi connectivity index (χ3n) is 8.24. The van der Waals surface area contributed by atoms with Gasteiger partial charge in [0.25, 0.3) is 0 Å². The highest BCUT2D eigenvalue weighted by molar-refractivity contribution is 7.81. The summed E-state index contributed by atoms with van der Waals surface area (Å²) in [6.07, 6.45) is 14.0. The SMILES string of the molecule is CCN1CC(=O)N(CC(C)(C)CCCCCCCCCCCC(C)(C)CN2C(=O)CN(CC)C2S)C1S. The van der Waals surface area contributed by atoms with Crippen LogP contribution in [-0.4, -0.2) is 81.7 Å². The number of rotatable bonds is 18. The Kier molecular flexibility index (Phi) is 13.6. The number of amides is 2. The largest absolute Gasteiger partial charge is 0.316 e. The summed E-state index contributed by atoms with van der Waals surface area (Å²) in [4.78, 5) is 32.9. The summed E-state index contributed by atoms with van der Waals surface area (Å²) in [5.41, 5.74) is 0.146. The van der Waals surface area contributed by atoms with Crippen LogP contribution >= 0.6 is 25.3 Å². The average Bonchev–Trinajstić information content (AvgIpc) is 3.25. The molecule has 0 N–H and O–H groups in total. The molecular formula is C29H56N4O2S2. The van der Waals surface area contributed by atoms with Gasteiger partial charge >= 0.3 is 0 Å². The zero-order valence-corrected chi connectivity index (χ0v) is 26.5. The van der Waals surface area contributed by atoms with E-state index in [0.717, 1.165) is 39.0 Å². The van der Waals surface area contributed by atoms with Crippen molar-refractivity contribution in [1.29, 1.82) is 0 Å². The summed E-state index contributed by atoms with van der Waals surface area (Å²) in [5, 5.41) is 0. The summed E-state index contributed by atoms with van der Waals surface area (Å²) < 4.78 is 0. The van der Waals surface area contributed by atoms with Crippen molar-refractivity contribution in [2.45, 2.75) is 123 Å². The topological polar surface area (TPSA) is 47.1 Å². The fourth-order valence-corrected chi connectivity index (χ4v) is 6.67. The van der Waals surface area contributed by atoms with Crippen molar-refractivity contribution in [1.82, 2.24) is 19.6 Å². The van der Waals surface area contributed by atoms with Crippen LogP contribution in [0.2, 0.25) is 0 Å². The Balaban J connectivity index is 1.48. The van der Waals surface area contributed by atoms with Crippen LogP contribution in [0.1, 0.15) is 112 Å². The van der Waals surface area contributed by atoms with Gasteiger partial charge in [-0.2, -0.15) is 0 Å². The first-order chi connectivity index (χ1) is 17.4. The molecule has 2 aliphatic heterocycles. The van der Waals surface area contributed by atoms with E-state index in [0.29, 0.717) is 13.1 Å². The van der Waals surface area contributed by atoms with Crippen molar-refractivity contribution in [3.8, 4) is 0 Å². The van der Waals surface area contributed by atoms with E-state index < -0.39 is 0 Å². The maximum absolute atomic E-state index is 12.4. The Morgan fingerprint density at radius 3 is 1.19 bits per heavy atom. The number of carbonyl (C=O) groups is 2. The Bertz CT molecular complexity index is 660. The first-order valence-corrected chi connectivity index (χ1v) is 15.9. The highest BCUT2D eigenvalue weighted by atomic mass is 32.1. The van der Waals surface area contributed by atoms with Crippen molar-refractivity contribution in [2.24, 2.45) is 10.8 Å². The molecule has 2 rings (SSSR count). The van der Waals surface area contributed by atoms with E-state index >= 15 is 0 Å². The second-order valence-electron chi connectivity index (χ2n) is 12.9. The number of unbranched alkanes of at least 4 members (excludes halogenated alkanes) is 8. The summed E-state index contributed by atoms with van der Waals surface area (Å²) in [6, 6.07) is 0. The van der Waals surface area contributed by atoms with Crippen LogP contribution < -0.4 is 0 Å². The van der Waals surface area contributed by atoms with E-state index in [4.69, 9.17) is 0 Å². The second kappa shape index (κ2) is 15.4. The Labute approximate surface area is 239 Å². The highest BCUT2D eigenvalue weighted by Gasteiger charge is 2.38. The minimum atomic E-state index is -0.0655. The van der Waals surface area contributed by atoms with Gasteiger partial charge in [-0.1, -0.05) is 99.3 Å². The third kappa shape index (κ3) is 10.6. The number of carbonyl (C=O) groups excluding carboxylic acids is 2. The first kappa shape index (κ1) is 32.8. The molecule has 2 amide bonds. The van der Waals surface area contributed by atoms with Crippen LogP contribution in [0.15, 0.2) is 0 Å². The molecule has 0 aromatic heterocycles. The predicted molar refractivity (Wildman–Crippen MR) is 162 cm³/mol. The van der Waals surface area contributed by atoms with Gasteiger partial charge in [0.05, 0.1) is 13.1 Å². The van der Waals surface area contributed by atoms with Gasteiger partial charge in [0.1, 0.15) is 11.0 Å². The molecule has 0 aromatic rings. The van der Waals surface area contributed by atoms with Crippen molar-refractivity contribution >= 4 is 37.1 Å². The lowest BCUT2D eigenvalue weighted by Crippen LogP contribution is -2.41. The van der Waals surface area contributed by atoms with Crippen LogP contribution in [0.3, 0.4) is 0 Å². The highest BCUT2D eigenvalue weighted by Crippen LogP contribution is 2.31. The molecule has 2 atom stereocenters. The predicted octanol–water partition coefficient (Wildman–Crippen LogP) is 6.08. The smallest absolute Gasteiger partial charge is 0.238 e. The second-order valence-corrected chi connectivity index (χ2v) is 13.8. The van der Waals surface area contributed by atoms with E-state index in [1.165, 1.54) is 57.8 Å². The minimum absolute atomic E-state index is 0.0655. The van der Waals surface area contributed by atoms with E-state index in [-0.39, 0.29) is 33.6 Å². The van der Waals surface area contributed by atoms with E-state index in [1.54, 1.807) is 0 Å². The zero-order valence-electron chi connectivity index (χ0n) is 24.7. The molecule has 0 spiro atoms. The summed E-state index contributed by atoms with van der Waals surface area (Å²) in [7, 11) is 0. The molecule has 0 aromatic carbocycles. The lowest BCUT2D eigenvalue weighted by atomic mass is 9.86. The molecule has 216 valence electrons. The molecule has 0 radical (unpaired) electrons. The van der Waals surface area contributed by atoms with Crippen molar-refractivity contribution < 1.29 is 9.59 Å². The molecule has 0 aliphatic carbocycles.